The van der Waals surface area contributed by atoms with Crippen LogP contribution >= 0.6 is 15.9 Å². The van der Waals surface area contributed by atoms with Gasteiger partial charge in [0, 0.05) is 12.1 Å². The van der Waals surface area contributed by atoms with E-state index in [-0.39, 0.29) is 23.4 Å². The molecule has 0 aliphatic rings. The topological polar surface area (TPSA) is 127 Å². The van der Waals surface area contributed by atoms with E-state index in [9.17, 15) is 19.3 Å². The lowest BCUT2D eigenvalue weighted by molar-refractivity contribution is -0.384. The van der Waals surface area contributed by atoms with E-state index < -0.39 is 16.6 Å². The summed E-state index contributed by atoms with van der Waals surface area (Å²) in [4.78, 5) is 22.4. The molecule has 0 spiro atoms. The van der Waals surface area contributed by atoms with Crippen LogP contribution in [0.5, 0.6) is 11.5 Å². The van der Waals surface area contributed by atoms with E-state index in [1.807, 2.05) is 0 Å². The van der Waals surface area contributed by atoms with Gasteiger partial charge < -0.3 is 9.47 Å². The van der Waals surface area contributed by atoms with Crippen LogP contribution in [0.3, 0.4) is 0 Å². The first kappa shape index (κ1) is 24.3. The number of ether oxygens (including phenoxy) is 2. The van der Waals surface area contributed by atoms with Crippen LogP contribution in [0.15, 0.2) is 64.2 Å². The standard InChI is InChI=1S/C23H16BrFN4O5/c1-33-21-10-16(12-27-28-23(30)18-7-4-15(11-26)9-20(18)25)8-19(24)22(21)34-13-14-2-5-17(6-3-14)29(31)32/h2-10,12H,13H2,1H3,(H,28,30)/b27-12-. The van der Waals surface area contributed by atoms with Gasteiger partial charge in [-0.3, -0.25) is 14.9 Å². The van der Waals surface area contributed by atoms with Crippen LogP contribution in [0.25, 0.3) is 0 Å². The second-order valence-electron chi connectivity index (χ2n) is 6.75. The number of halogens is 2. The van der Waals surface area contributed by atoms with Gasteiger partial charge in [-0.15, -0.1) is 0 Å². The summed E-state index contributed by atoms with van der Waals surface area (Å²) in [5, 5.41) is 23.4. The molecule has 0 fully saturated rings. The SMILES string of the molecule is COc1cc(/C=N\NC(=O)c2ccc(C#N)cc2F)cc(Br)c1OCc1ccc([N+](=O)[O-])cc1. The van der Waals surface area contributed by atoms with Gasteiger partial charge >= 0.3 is 0 Å². The molecular weight excluding hydrogens is 511 g/mol. The fourth-order valence-electron chi connectivity index (χ4n) is 2.82. The van der Waals surface area contributed by atoms with E-state index in [2.05, 4.69) is 26.5 Å². The molecule has 0 aliphatic carbocycles. The number of benzene rings is 3. The highest BCUT2D eigenvalue weighted by molar-refractivity contribution is 9.10. The summed E-state index contributed by atoms with van der Waals surface area (Å²) in [6, 6.07) is 14.6. The second-order valence-corrected chi connectivity index (χ2v) is 7.61. The maximum absolute atomic E-state index is 14.0. The molecule has 0 aliphatic heterocycles. The van der Waals surface area contributed by atoms with E-state index in [1.165, 1.54) is 37.6 Å². The Balaban J connectivity index is 1.69. The minimum absolute atomic E-state index is 0.0137. The van der Waals surface area contributed by atoms with Crippen molar-refractivity contribution < 1.29 is 23.6 Å². The Morgan fingerprint density at radius 2 is 2.00 bits per heavy atom. The van der Waals surface area contributed by atoms with Crippen molar-refractivity contribution in [1.29, 1.82) is 5.26 Å². The average molecular weight is 527 g/mol. The van der Waals surface area contributed by atoms with Crippen LogP contribution in [0.1, 0.15) is 27.0 Å². The maximum Gasteiger partial charge on any atom is 0.274 e. The molecule has 9 nitrogen and oxygen atoms in total. The van der Waals surface area contributed by atoms with Crippen LogP contribution in [0, 0.1) is 27.3 Å². The molecule has 0 bridgehead atoms. The number of nitro groups is 1. The van der Waals surface area contributed by atoms with Crippen molar-refractivity contribution >= 4 is 33.7 Å². The molecule has 0 heterocycles. The highest BCUT2D eigenvalue weighted by atomic mass is 79.9. The van der Waals surface area contributed by atoms with E-state index in [1.54, 1.807) is 30.3 Å². The molecule has 172 valence electrons. The van der Waals surface area contributed by atoms with Gasteiger partial charge in [-0.05, 0) is 69.5 Å². The summed E-state index contributed by atoms with van der Waals surface area (Å²) in [5.41, 5.74) is 3.34. The molecule has 0 unspecified atom stereocenters. The lowest BCUT2D eigenvalue weighted by Gasteiger charge is -2.13. The molecule has 3 aromatic rings. The number of amides is 1. The number of hydrazone groups is 1. The third-order valence-electron chi connectivity index (χ3n) is 4.50. The molecule has 3 rings (SSSR count). The molecule has 1 amide bonds. The molecule has 0 saturated carbocycles. The molecule has 0 saturated heterocycles. The summed E-state index contributed by atoms with van der Waals surface area (Å²) >= 11 is 3.40. The van der Waals surface area contributed by atoms with E-state index >= 15 is 0 Å². The van der Waals surface area contributed by atoms with Crippen molar-refractivity contribution in [3.8, 4) is 17.6 Å². The number of hydrogen-bond acceptors (Lipinski definition) is 7. The van der Waals surface area contributed by atoms with Gasteiger partial charge in [0.15, 0.2) is 11.5 Å². The second kappa shape index (κ2) is 11.0. The molecule has 11 heteroatoms. The van der Waals surface area contributed by atoms with Gasteiger partial charge in [0.05, 0.1) is 39.9 Å². The zero-order chi connectivity index (χ0) is 24.7. The van der Waals surface area contributed by atoms with Gasteiger partial charge in [0.1, 0.15) is 12.4 Å². The fraction of sp³-hybridized carbons (Fsp3) is 0.0870. The molecule has 1 N–H and O–H groups in total. The Morgan fingerprint density at radius 3 is 2.62 bits per heavy atom. The van der Waals surface area contributed by atoms with Gasteiger partial charge in [-0.25, -0.2) is 9.82 Å². The quantitative estimate of drug-likeness (QED) is 0.257. The normalized spacial score (nSPS) is 10.5. The summed E-state index contributed by atoms with van der Waals surface area (Å²) < 4.78 is 25.7. The molecule has 0 aromatic heterocycles. The number of carbonyl (C=O) groups is 1. The first-order valence-corrected chi connectivity index (χ1v) is 10.4. The number of nitriles is 1. The van der Waals surface area contributed by atoms with Crippen molar-refractivity contribution in [2.75, 3.05) is 7.11 Å². The number of nitrogens with one attached hydrogen (secondary N) is 1. The number of carbonyl (C=O) groups excluding carboxylic acids is 1. The fourth-order valence-corrected chi connectivity index (χ4v) is 3.39. The van der Waals surface area contributed by atoms with Crippen LogP contribution in [-0.2, 0) is 6.61 Å². The Kier molecular flexibility index (Phi) is 7.89. The van der Waals surface area contributed by atoms with Crippen LogP contribution in [0.2, 0.25) is 0 Å². The lowest BCUT2D eigenvalue weighted by atomic mass is 10.1. The number of hydrogen-bond donors (Lipinski definition) is 1. The van der Waals surface area contributed by atoms with Gasteiger partial charge in [-0.1, -0.05) is 0 Å². The van der Waals surface area contributed by atoms with E-state index in [4.69, 9.17) is 14.7 Å². The van der Waals surface area contributed by atoms with Gasteiger partial charge in [0.2, 0.25) is 0 Å². The molecule has 0 atom stereocenters. The lowest BCUT2D eigenvalue weighted by Crippen LogP contribution is -2.19. The smallest absolute Gasteiger partial charge is 0.274 e. The zero-order valence-corrected chi connectivity index (χ0v) is 19.2. The maximum atomic E-state index is 14.0. The number of methoxy groups -OCH3 is 1. The number of non-ortho nitro benzene ring substituents is 1. The summed E-state index contributed by atoms with van der Waals surface area (Å²) in [6.45, 7) is 0.145. The Hall–Kier alpha value is -4.30. The van der Waals surface area contributed by atoms with Crippen molar-refractivity contribution in [2.45, 2.75) is 6.61 Å². The highest BCUT2D eigenvalue weighted by Crippen LogP contribution is 2.37. The first-order chi connectivity index (χ1) is 16.3. The third kappa shape index (κ3) is 5.93. The van der Waals surface area contributed by atoms with Crippen molar-refractivity contribution in [3.63, 3.8) is 0 Å². The van der Waals surface area contributed by atoms with Crippen molar-refractivity contribution in [3.05, 3.63) is 97.3 Å². The minimum Gasteiger partial charge on any atom is -0.493 e. The summed E-state index contributed by atoms with van der Waals surface area (Å²) in [6.07, 6.45) is 1.34. The van der Waals surface area contributed by atoms with Crippen molar-refractivity contribution in [1.82, 2.24) is 5.43 Å². The number of nitrogens with zero attached hydrogens (tertiary/aromatic N) is 3. The largest absolute Gasteiger partial charge is 0.493 e. The third-order valence-corrected chi connectivity index (χ3v) is 5.09. The Morgan fingerprint density at radius 1 is 1.26 bits per heavy atom. The van der Waals surface area contributed by atoms with E-state index in [0.29, 0.717) is 21.5 Å². The Labute approximate surface area is 201 Å². The van der Waals surface area contributed by atoms with E-state index in [0.717, 1.165) is 11.6 Å². The molecule has 0 radical (unpaired) electrons. The van der Waals surface area contributed by atoms with Crippen molar-refractivity contribution in [2.24, 2.45) is 5.10 Å². The molecule has 34 heavy (non-hydrogen) atoms. The highest BCUT2D eigenvalue weighted by Gasteiger charge is 2.14. The zero-order valence-electron chi connectivity index (χ0n) is 17.6. The summed E-state index contributed by atoms with van der Waals surface area (Å²) in [7, 11) is 1.46. The summed E-state index contributed by atoms with van der Waals surface area (Å²) in [5.74, 6) is -0.818. The first-order valence-electron chi connectivity index (χ1n) is 9.59. The Bertz CT molecular complexity index is 1310. The molecule has 3 aromatic carbocycles. The monoisotopic (exact) mass is 526 g/mol. The number of rotatable bonds is 8. The van der Waals surface area contributed by atoms with Gasteiger partial charge in [0.25, 0.3) is 11.6 Å². The van der Waals surface area contributed by atoms with Crippen LogP contribution in [0.4, 0.5) is 10.1 Å². The predicted octanol–water partition coefficient (Wildman–Crippen LogP) is 4.72. The minimum atomic E-state index is -0.828. The average Bonchev–Trinajstić information content (AvgIpc) is 2.83. The van der Waals surface area contributed by atoms with Crippen LogP contribution < -0.4 is 14.9 Å². The predicted molar refractivity (Wildman–Crippen MR) is 124 cm³/mol. The van der Waals surface area contributed by atoms with Crippen LogP contribution in [-0.4, -0.2) is 24.2 Å². The molecular formula is C23H16BrFN4O5. The van der Waals surface area contributed by atoms with Gasteiger partial charge in [-0.2, -0.15) is 10.4 Å². The number of nitro benzene ring substituents is 1.